The van der Waals surface area contributed by atoms with Gasteiger partial charge in [0.1, 0.15) is 18.5 Å². The summed E-state index contributed by atoms with van der Waals surface area (Å²) in [7, 11) is 2.03. The van der Waals surface area contributed by atoms with E-state index in [1.165, 1.54) is 17.7 Å². The van der Waals surface area contributed by atoms with Crippen molar-refractivity contribution in [3.63, 3.8) is 0 Å². The molecule has 5 nitrogen and oxygen atoms in total. The minimum absolute atomic E-state index is 0.107. The molecule has 148 valence electrons. The number of likely N-dealkylation sites (N-methyl/N-ethyl adjacent to an activating group) is 1. The van der Waals surface area contributed by atoms with Gasteiger partial charge in [-0.2, -0.15) is 0 Å². The first kappa shape index (κ1) is 18.9. The fraction of sp³-hybridized carbons (Fsp3) is 0.409. The molecule has 2 aromatic rings. The van der Waals surface area contributed by atoms with E-state index < -0.39 is 0 Å². The summed E-state index contributed by atoms with van der Waals surface area (Å²) in [5, 5.41) is 0. The molecule has 28 heavy (non-hydrogen) atoms. The third kappa shape index (κ3) is 4.03. The fourth-order valence-corrected chi connectivity index (χ4v) is 3.98. The number of rotatable bonds is 3. The molecule has 2 aliphatic heterocycles. The molecular weight excluding hydrogens is 359 g/mol. The van der Waals surface area contributed by atoms with Gasteiger partial charge in [-0.1, -0.05) is 36.4 Å². The molecule has 2 aromatic carbocycles. The van der Waals surface area contributed by atoms with Gasteiger partial charge in [0.15, 0.2) is 0 Å². The third-order valence-electron chi connectivity index (χ3n) is 5.44. The molecular formula is C22H25FN2O3. The zero-order chi connectivity index (χ0) is 19.5. The average Bonchev–Trinajstić information content (AvgIpc) is 2.72. The minimum atomic E-state index is -0.361. The van der Waals surface area contributed by atoms with Gasteiger partial charge in [-0.25, -0.2) is 9.18 Å². The molecule has 1 saturated heterocycles. The molecule has 0 saturated carbocycles. The van der Waals surface area contributed by atoms with Crippen molar-refractivity contribution < 1.29 is 18.7 Å². The van der Waals surface area contributed by atoms with Gasteiger partial charge in [0.05, 0.1) is 12.6 Å². The van der Waals surface area contributed by atoms with Crippen molar-refractivity contribution >= 4 is 6.09 Å². The number of carbonyl (C=O) groups is 1. The molecule has 2 atom stereocenters. The quantitative estimate of drug-likeness (QED) is 0.815. The van der Waals surface area contributed by atoms with Crippen molar-refractivity contribution in [3.8, 4) is 0 Å². The van der Waals surface area contributed by atoms with E-state index in [1.807, 2.05) is 25.2 Å². The zero-order valence-electron chi connectivity index (χ0n) is 16.0. The first-order valence-corrected chi connectivity index (χ1v) is 9.68. The second-order valence-electron chi connectivity index (χ2n) is 7.43. The molecule has 2 heterocycles. The Balaban J connectivity index is 1.54. The maximum absolute atomic E-state index is 13.4. The molecule has 0 unspecified atom stereocenters. The maximum Gasteiger partial charge on any atom is 0.410 e. The van der Waals surface area contributed by atoms with Crippen molar-refractivity contribution in [1.29, 1.82) is 0 Å². The van der Waals surface area contributed by atoms with E-state index in [2.05, 4.69) is 11.0 Å². The summed E-state index contributed by atoms with van der Waals surface area (Å²) < 4.78 is 24.7. The lowest BCUT2D eigenvalue weighted by molar-refractivity contribution is -0.0532. The van der Waals surface area contributed by atoms with E-state index in [0.29, 0.717) is 13.2 Å². The molecule has 1 amide bonds. The number of ether oxygens (including phenoxy) is 2. The third-order valence-corrected chi connectivity index (χ3v) is 5.44. The number of hydrogen-bond donors (Lipinski definition) is 0. The lowest BCUT2D eigenvalue weighted by Crippen LogP contribution is -2.45. The van der Waals surface area contributed by atoms with Crippen LogP contribution in [-0.2, 0) is 15.9 Å². The summed E-state index contributed by atoms with van der Waals surface area (Å²) in [4.78, 5) is 16.8. The van der Waals surface area contributed by atoms with Crippen molar-refractivity contribution in [2.45, 2.75) is 18.6 Å². The predicted molar refractivity (Wildman–Crippen MR) is 104 cm³/mol. The van der Waals surface area contributed by atoms with Crippen LogP contribution in [0, 0.1) is 5.82 Å². The van der Waals surface area contributed by atoms with E-state index >= 15 is 0 Å². The molecule has 0 spiro atoms. The van der Waals surface area contributed by atoms with Crippen LogP contribution in [0.4, 0.5) is 9.18 Å². The van der Waals surface area contributed by atoms with Gasteiger partial charge in [0, 0.05) is 19.6 Å². The van der Waals surface area contributed by atoms with Crippen LogP contribution in [0.3, 0.4) is 0 Å². The van der Waals surface area contributed by atoms with Gasteiger partial charge in [-0.05, 0) is 42.3 Å². The Hall–Kier alpha value is -2.44. The average molecular weight is 384 g/mol. The Morgan fingerprint density at radius 3 is 2.75 bits per heavy atom. The second-order valence-corrected chi connectivity index (χ2v) is 7.43. The Kier molecular flexibility index (Phi) is 5.59. The minimum Gasteiger partial charge on any atom is -0.447 e. The summed E-state index contributed by atoms with van der Waals surface area (Å²) in [5.74, 6) is -0.291. The highest BCUT2D eigenvalue weighted by Crippen LogP contribution is 2.35. The summed E-state index contributed by atoms with van der Waals surface area (Å²) in [6, 6.07) is 14.1. The van der Waals surface area contributed by atoms with Crippen molar-refractivity contribution in [3.05, 3.63) is 71.0 Å². The van der Waals surface area contributed by atoms with Crippen LogP contribution in [0.25, 0.3) is 0 Å². The van der Waals surface area contributed by atoms with Crippen LogP contribution in [0.5, 0.6) is 0 Å². The normalized spacial score (nSPS) is 22.6. The summed E-state index contributed by atoms with van der Waals surface area (Å²) >= 11 is 0. The van der Waals surface area contributed by atoms with Crippen LogP contribution in [0.1, 0.15) is 22.7 Å². The molecule has 0 aromatic heterocycles. The SMILES string of the molecule is CN1CCO[C@@H](COC(=O)N2CCc3ccccc3[C@@H]2c2ccc(F)cc2)C1. The summed E-state index contributed by atoms with van der Waals surface area (Å²) in [6.45, 7) is 3.08. The van der Waals surface area contributed by atoms with Gasteiger partial charge >= 0.3 is 6.09 Å². The number of benzene rings is 2. The number of halogens is 1. The monoisotopic (exact) mass is 384 g/mol. The van der Waals surface area contributed by atoms with Crippen LogP contribution >= 0.6 is 0 Å². The Bertz CT molecular complexity index is 827. The van der Waals surface area contributed by atoms with Gasteiger partial charge in [-0.3, -0.25) is 4.90 Å². The van der Waals surface area contributed by atoms with Gasteiger partial charge in [0.25, 0.3) is 0 Å². The van der Waals surface area contributed by atoms with E-state index in [4.69, 9.17) is 9.47 Å². The molecule has 4 rings (SSSR count). The van der Waals surface area contributed by atoms with E-state index in [1.54, 1.807) is 17.0 Å². The van der Waals surface area contributed by atoms with E-state index in [9.17, 15) is 9.18 Å². The van der Waals surface area contributed by atoms with Crippen molar-refractivity contribution in [1.82, 2.24) is 9.80 Å². The van der Waals surface area contributed by atoms with E-state index in [0.717, 1.165) is 30.6 Å². The number of fused-ring (bicyclic) bond motifs is 1. The highest BCUT2D eigenvalue weighted by molar-refractivity contribution is 5.70. The van der Waals surface area contributed by atoms with Gasteiger partial charge in [-0.15, -0.1) is 0 Å². The molecule has 6 heteroatoms. The van der Waals surface area contributed by atoms with E-state index in [-0.39, 0.29) is 30.7 Å². The van der Waals surface area contributed by atoms with Gasteiger partial charge < -0.3 is 14.4 Å². The molecule has 2 aliphatic rings. The standard InChI is InChI=1S/C22H25FN2O3/c1-24-12-13-27-19(14-24)15-28-22(26)25-11-10-16-4-2-3-5-20(16)21(25)17-6-8-18(23)9-7-17/h2-9,19,21H,10-15H2,1H3/t19-,21+/m1/s1. The smallest absolute Gasteiger partial charge is 0.410 e. The predicted octanol–water partition coefficient (Wildman–Crippen LogP) is 3.24. The van der Waals surface area contributed by atoms with Crippen LogP contribution in [-0.4, -0.2) is 61.9 Å². The first-order valence-electron chi connectivity index (χ1n) is 9.68. The molecule has 0 radical (unpaired) electrons. The summed E-state index contributed by atoms with van der Waals surface area (Å²) in [5.41, 5.74) is 3.14. The number of morpholine rings is 1. The topological polar surface area (TPSA) is 42.0 Å². The van der Waals surface area contributed by atoms with Crippen LogP contribution in [0.15, 0.2) is 48.5 Å². The number of amides is 1. The highest BCUT2D eigenvalue weighted by atomic mass is 19.1. The first-order chi connectivity index (χ1) is 13.6. The second kappa shape index (κ2) is 8.29. The molecule has 0 aliphatic carbocycles. The zero-order valence-corrected chi connectivity index (χ0v) is 16.0. The van der Waals surface area contributed by atoms with Crippen molar-refractivity contribution in [2.24, 2.45) is 0 Å². The highest BCUT2D eigenvalue weighted by Gasteiger charge is 2.33. The Morgan fingerprint density at radius 2 is 1.96 bits per heavy atom. The number of carbonyl (C=O) groups excluding carboxylic acids is 1. The molecule has 1 fully saturated rings. The maximum atomic E-state index is 13.4. The van der Waals surface area contributed by atoms with Crippen LogP contribution in [0.2, 0.25) is 0 Å². The lowest BCUT2D eigenvalue weighted by atomic mass is 9.88. The van der Waals surface area contributed by atoms with Gasteiger partial charge in [0.2, 0.25) is 0 Å². The molecule has 0 bridgehead atoms. The van der Waals surface area contributed by atoms with Crippen LogP contribution < -0.4 is 0 Å². The number of hydrogen-bond acceptors (Lipinski definition) is 4. The summed E-state index contributed by atoms with van der Waals surface area (Å²) in [6.07, 6.45) is 0.302. The Morgan fingerprint density at radius 1 is 1.18 bits per heavy atom. The van der Waals surface area contributed by atoms with Crippen molar-refractivity contribution in [2.75, 3.05) is 39.9 Å². The lowest BCUT2D eigenvalue weighted by Gasteiger charge is -2.37. The molecule has 0 N–H and O–H groups in total. The number of nitrogens with zero attached hydrogens (tertiary/aromatic N) is 2. The largest absolute Gasteiger partial charge is 0.447 e. The Labute approximate surface area is 164 Å². The fourth-order valence-electron chi connectivity index (χ4n) is 3.98.